The summed E-state index contributed by atoms with van der Waals surface area (Å²) in [5, 5.41) is 16.0. The van der Waals surface area contributed by atoms with Crippen LogP contribution in [-0.2, 0) is 17.1 Å². The molecule has 1 unspecified atom stereocenters. The number of methoxy groups -OCH3 is 1. The molecule has 4 heteroatoms. The summed E-state index contributed by atoms with van der Waals surface area (Å²) in [5.74, 6) is 0. The molecule has 0 saturated carbocycles. The Bertz CT molecular complexity index is 766. The molecule has 3 aromatic rings. The topological polar surface area (TPSA) is 47.3 Å². The summed E-state index contributed by atoms with van der Waals surface area (Å²) in [6.45, 7) is 2.31. The number of aryl methyl sites for hydroxylation is 1. The third-order valence-corrected chi connectivity index (χ3v) is 4.00. The van der Waals surface area contributed by atoms with Crippen molar-refractivity contribution in [2.75, 3.05) is 7.11 Å². The van der Waals surface area contributed by atoms with Crippen molar-refractivity contribution in [1.82, 2.24) is 9.78 Å². The molecule has 3 rings (SSSR count). The number of aliphatic hydroxyl groups is 1. The molecule has 0 aliphatic heterocycles. The van der Waals surface area contributed by atoms with Gasteiger partial charge in [-0.1, -0.05) is 60.2 Å². The van der Waals surface area contributed by atoms with E-state index in [9.17, 15) is 5.11 Å². The summed E-state index contributed by atoms with van der Waals surface area (Å²) in [4.78, 5) is 0. The zero-order valence-electron chi connectivity index (χ0n) is 13.3. The van der Waals surface area contributed by atoms with Gasteiger partial charge in [0.25, 0.3) is 0 Å². The van der Waals surface area contributed by atoms with Gasteiger partial charge in [0.2, 0.25) is 0 Å². The molecule has 0 bridgehead atoms. The van der Waals surface area contributed by atoms with Crippen LogP contribution in [0.3, 0.4) is 0 Å². The molecule has 0 aliphatic rings. The lowest BCUT2D eigenvalue weighted by Crippen LogP contribution is -2.32. The molecule has 0 radical (unpaired) electrons. The molecule has 0 fully saturated rings. The van der Waals surface area contributed by atoms with Crippen LogP contribution < -0.4 is 0 Å². The number of hydrogen-bond acceptors (Lipinski definition) is 3. The maximum absolute atomic E-state index is 11.7. The van der Waals surface area contributed by atoms with E-state index < -0.39 is 5.60 Å². The molecule has 4 nitrogen and oxygen atoms in total. The molecular weight excluding hydrogens is 288 g/mol. The minimum atomic E-state index is -1.29. The third kappa shape index (κ3) is 2.79. The predicted octanol–water partition coefficient (Wildman–Crippen LogP) is 3.08. The first-order valence-corrected chi connectivity index (χ1v) is 7.52. The van der Waals surface area contributed by atoms with E-state index in [0.29, 0.717) is 5.69 Å². The fraction of sp³-hybridized carbons (Fsp3) is 0.211. The average Bonchev–Trinajstić information content (AvgIpc) is 3.05. The third-order valence-electron chi connectivity index (χ3n) is 4.00. The van der Waals surface area contributed by atoms with Crippen LogP contribution in [0.4, 0.5) is 0 Å². The molecule has 0 saturated heterocycles. The second-order valence-electron chi connectivity index (χ2n) is 5.58. The quantitative estimate of drug-likeness (QED) is 0.788. The Morgan fingerprint density at radius 2 is 1.65 bits per heavy atom. The van der Waals surface area contributed by atoms with E-state index in [1.54, 1.807) is 18.0 Å². The molecule has 0 amide bonds. The smallest absolute Gasteiger partial charge is 0.157 e. The molecule has 23 heavy (non-hydrogen) atoms. The van der Waals surface area contributed by atoms with Crippen molar-refractivity contribution in [3.63, 3.8) is 0 Å². The monoisotopic (exact) mass is 308 g/mol. The summed E-state index contributed by atoms with van der Waals surface area (Å²) in [7, 11) is 1.61. The lowest BCUT2D eigenvalue weighted by molar-refractivity contribution is 0.0810. The number of aromatic nitrogens is 2. The molecule has 0 aliphatic carbocycles. The standard InChI is InChI=1S/C19H20N2O2/c1-15-8-10-17(11-9-15)19(22,16-6-4-3-5-7-16)18-12-13-20-21(18)14-23-2/h3-13,22H,14H2,1-2H3. The average molecular weight is 308 g/mol. The van der Waals surface area contributed by atoms with Gasteiger partial charge in [-0.25, -0.2) is 4.68 Å². The van der Waals surface area contributed by atoms with Crippen molar-refractivity contribution < 1.29 is 9.84 Å². The lowest BCUT2D eigenvalue weighted by Gasteiger charge is -2.30. The number of nitrogens with zero attached hydrogens (tertiary/aromatic N) is 2. The number of rotatable bonds is 5. The highest BCUT2D eigenvalue weighted by Gasteiger charge is 2.36. The molecular formula is C19H20N2O2. The van der Waals surface area contributed by atoms with Crippen molar-refractivity contribution >= 4 is 0 Å². The van der Waals surface area contributed by atoms with E-state index in [1.807, 2.05) is 67.6 Å². The van der Waals surface area contributed by atoms with Crippen molar-refractivity contribution in [2.24, 2.45) is 0 Å². The largest absolute Gasteiger partial charge is 0.374 e. The van der Waals surface area contributed by atoms with Gasteiger partial charge in [0, 0.05) is 13.3 Å². The number of ether oxygens (including phenoxy) is 1. The van der Waals surface area contributed by atoms with Crippen LogP contribution in [0.1, 0.15) is 22.4 Å². The minimum absolute atomic E-state index is 0.281. The molecule has 1 heterocycles. The van der Waals surface area contributed by atoms with E-state index in [-0.39, 0.29) is 6.73 Å². The summed E-state index contributed by atoms with van der Waals surface area (Å²) >= 11 is 0. The Morgan fingerprint density at radius 3 is 2.30 bits per heavy atom. The van der Waals surface area contributed by atoms with Crippen LogP contribution in [0, 0.1) is 6.92 Å². The van der Waals surface area contributed by atoms with Crippen LogP contribution in [0.15, 0.2) is 66.9 Å². The highest BCUT2D eigenvalue weighted by molar-refractivity contribution is 5.45. The van der Waals surface area contributed by atoms with Gasteiger partial charge < -0.3 is 9.84 Å². The Kier molecular flexibility index (Phi) is 4.28. The number of benzene rings is 2. The lowest BCUT2D eigenvalue weighted by atomic mass is 9.83. The summed E-state index contributed by atoms with van der Waals surface area (Å²) < 4.78 is 6.88. The highest BCUT2D eigenvalue weighted by atomic mass is 16.5. The van der Waals surface area contributed by atoms with Crippen molar-refractivity contribution in [3.05, 3.63) is 89.2 Å². The van der Waals surface area contributed by atoms with Gasteiger partial charge in [-0.15, -0.1) is 0 Å². The molecule has 118 valence electrons. The zero-order chi connectivity index (χ0) is 16.3. The summed E-state index contributed by atoms with van der Waals surface area (Å²) in [6, 6.07) is 19.3. The van der Waals surface area contributed by atoms with Gasteiger partial charge in [-0.2, -0.15) is 5.10 Å². The van der Waals surface area contributed by atoms with Gasteiger partial charge in [-0.05, 0) is 24.1 Å². The van der Waals surface area contributed by atoms with E-state index in [1.165, 1.54) is 0 Å². The Balaban J connectivity index is 2.21. The number of hydrogen-bond donors (Lipinski definition) is 1. The second-order valence-corrected chi connectivity index (χ2v) is 5.58. The summed E-state index contributed by atoms with van der Waals surface area (Å²) in [5.41, 5.74) is 2.13. The van der Waals surface area contributed by atoms with Gasteiger partial charge in [-0.3, -0.25) is 0 Å². The molecule has 0 spiro atoms. The van der Waals surface area contributed by atoms with E-state index in [4.69, 9.17) is 4.74 Å². The fourth-order valence-electron chi connectivity index (χ4n) is 2.80. The van der Waals surface area contributed by atoms with E-state index >= 15 is 0 Å². The van der Waals surface area contributed by atoms with E-state index in [0.717, 1.165) is 16.7 Å². The normalized spacial score (nSPS) is 13.7. The minimum Gasteiger partial charge on any atom is -0.374 e. The maximum atomic E-state index is 11.7. The highest BCUT2D eigenvalue weighted by Crippen LogP contribution is 2.36. The Morgan fingerprint density at radius 1 is 1.00 bits per heavy atom. The van der Waals surface area contributed by atoms with Gasteiger partial charge >= 0.3 is 0 Å². The van der Waals surface area contributed by atoms with Crippen LogP contribution in [0.25, 0.3) is 0 Å². The fourth-order valence-corrected chi connectivity index (χ4v) is 2.80. The molecule has 1 aromatic heterocycles. The molecule has 2 aromatic carbocycles. The predicted molar refractivity (Wildman–Crippen MR) is 89.0 cm³/mol. The van der Waals surface area contributed by atoms with E-state index in [2.05, 4.69) is 5.10 Å². The van der Waals surface area contributed by atoms with Crippen molar-refractivity contribution in [3.8, 4) is 0 Å². The Hall–Kier alpha value is -2.43. The zero-order valence-corrected chi connectivity index (χ0v) is 13.3. The molecule has 1 N–H and O–H groups in total. The van der Waals surface area contributed by atoms with Gasteiger partial charge in [0.05, 0.1) is 5.69 Å². The SMILES string of the molecule is COCn1nccc1C(O)(c1ccccc1)c1ccc(C)cc1. The van der Waals surface area contributed by atoms with Crippen LogP contribution in [-0.4, -0.2) is 22.0 Å². The van der Waals surface area contributed by atoms with Crippen molar-refractivity contribution in [2.45, 2.75) is 19.3 Å². The van der Waals surface area contributed by atoms with Gasteiger partial charge in [0.15, 0.2) is 5.60 Å². The van der Waals surface area contributed by atoms with Crippen LogP contribution in [0.2, 0.25) is 0 Å². The summed E-state index contributed by atoms with van der Waals surface area (Å²) in [6.07, 6.45) is 1.68. The Labute approximate surface area is 136 Å². The van der Waals surface area contributed by atoms with Crippen LogP contribution >= 0.6 is 0 Å². The second kappa shape index (κ2) is 6.36. The van der Waals surface area contributed by atoms with Crippen LogP contribution in [0.5, 0.6) is 0 Å². The van der Waals surface area contributed by atoms with Gasteiger partial charge in [0.1, 0.15) is 6.73 Å². The first-order valence-electron chi connectivity index (χ1n) is 7.52. The first kappa shape index (κ1) is 15.5. The van der Waals surface area contributed by atoms with Crippen molar-refractivity contribution in [1.29, 1.82) is 0 Å². The molecule has 1 atom stereocenters. The first-order chi connectivity index (χ1) is 11.2. The maximum Gasteiger partial charge on any atom is 0.157 e.